The molecule has 0 amide bonds. The molecule has 102 valence electrons. The molecule has 2 aromatic rings. The molecular weight excluding hydrogens is 242 g/mol. The molecule has 0 radical (unpaired) electrons. The topological polar surface area (TPSA) is 60.2 Å². The van der Waals surface area contributed by atoms with Crippen molar-refractivity contribution in [1.82, 2.24) is 15.5 Å². The molecule has 5 nitrogen and oxygen atoms in total. The average molecular weight is 261 g/mol. The summed E-state index contributed by atoms with van der Waals surface area (Å²) >= 11 is 0. The molecule has 1 heterocycles. The second-order valence-corrected chi connectivity index (χ2v) is 4.24. The number of unbranched alkanes of at least 4 members (excludes halogenated alkanes) is 1. The number of nitrogens with one attached hydrogen (secondary N) is 1. The van der Waals surface area contributed by atoms with Gasteiger partial charge in [-0.1, -0.05) is 18.2 Å². The zero-order chi connectivity index (χ0) is 13.3. The predicted molar refractivity (Wildman–Crippen MR) is 72.6 cm³/mol. The maximum Gasteiger partial charge on any atom is 0.247 e. The second-order valence-electron chi connectivity index (χ2n) is 4.24. The average Bonchev–Trinajstić information content (AvgIpc) is 2.92. The molecule has 1 N–H and O–H groups in total. The minimum Gasteiger partial charge on any atom is -0.419 e. The van der Waals surface area contributed by atoms with Crippen LogP contribution in [0.3, 0.4) is 0 Å². The molecule has 0 bridgehead atoms. The molecule has 0 saturated heterocycles. The van der Waals surface area contributed by atoms with Crippen LogP contribution in [0.5, 0.6) is 0 Å². The molecule has 2 rings (SSSR count). The van der Waals surface area contributed by atoms with Crippen LogP contribution in [0, 0.1) is 0 Å². The summed E-state index contributed by atoms with van der Waals surface area (Å²) in [4.78, 5) is 0. The minimum atomic E-state index is 0.566. The van der Waals surface area contributed by atoms with Crippen LogP contribution in [0.25, 0.3) is 11.5 Å². The number of aromatic nitrogens is 2. The normalized spacial score (nSPS) is 10.8. The summed E-state index contributed by atoms with van der Waals surface area (Å²) in [6.45, 7) is 2.33. The summed E-state index contributed by atoms with van der Waals surface area (Å²) < 4.78 is 10.6. The number of methoxy groups -OCH3 is 1. The van der Waals surface area contributed by atoms with Gasteiger partial charge in [0.2, 0.25) is 11.8 Å². The van der Waals surface area contributed by atoms with E-state index in [1.807, 2.05) is 30.3 Å². The van der Waals surface area contributed by atoms with E-state index in [9.17, 15) is 0 Å². The maximum absolute atomic E-state index is 5.59. The Morgan fingerprint density at radius 1 is 1.16 bits per heavy atom. The first-order valence-electron chi connectivity index (χ1n) is 6.47. The monoisotopic (exact) mass is 261 g/mol. The fraction of sp³-hybridized carbons (Fsp3) is 0.429. The zero-order valence-electron chi connectivity index (χ0n) is 11.1. The third-order valence-corrected chi connectivity index (χ3v) is 2.72. The molecule has 19 heavy (non-hydrogen) atoms. The number of rotatable bonds is 8. The van der Waals surface area contributed by atoms with Crippen molar-refractivity contribution in [3.63, 3.8) is 0 Å². The lowest BCUT2D eigenvalue weighted by Gasteiger charge is -2.01. The van der Waals surface area contributed by atoms with Crippen LogP contribution in [-0.4, -0.2) is 30.5 Å². The van der Waals surface area contributed by atoms with Crippen molar-refractivity contribution in [1.29, 1.82) is 0 Å². The molecular formula is C14H19N3O2. The first-order chi connectivity index (χ1) is 9.40. The number of nitrogens with zero attached hydrogens (tertiary/aromatic N) is 2. The lowest BCUT2D eigenvalue weighted by molar-refractivity contribution is 0.192. The van der Waals surface area contributed by atoms with E-state index >= 15 is 0 Å². The summed E-state index contributed by atoms with van der Waals surface area (Å²) in [5, 5.41) is 11.3. The largest absolute Gasteiger partial charge is 0.419 e. The Balaban J connectivity index is 1.75. The zero-order valence-corrected chi connectivity index (χ0v) is 11.1. The number of hydrogen-bond donors (Lipinski definition) is 1. The van der Waals surface area contributed by atoms with Crippen LogP contribution >= 0.6 is 0 Å². The van der Waals surface area contributed by atoms with Crippen molar-refractivity contribution in [2.45, 2.75) is 19.4 Å². The molecule has 0 unspecified atom stereocenters. The van der Waals surface area contributed by atoms with Crippen LogP contribution in [0.4, 0.5) is 0 Å². The predicted octanol–water partition coefficient (Wildman–Crippen LogP) is 2.25. The SMILES string of the molecule is COCCCCNCc1nnc(-c2ccccc2)o1. The lowest BCUT2D eigenvalue weighted by atomic mass is 10.2. The Hall–Kier alpha value is -1.72. The van der Waals surface area contributed by atoms with Crippen LogP contribution in [0.15, 0.2) is 34.7 Å². The quantitative estimate of drug-likeness (QED) is 0.738. The Morgan fingerprint density at radius 3 is 2.79 bits per heavy atom. The van der Waals surface area contributed by atoms with E-state index in [1.165, 1.54) is 0 Å². The van der Waals surface area contributed by atoms with Gasteiger partial charge in [0.15, 0.2) is 0 Å². The van der Waals surface area contributed by atoms with Crippen molar-refractivity contribution in [2.24, 2.45) is 0 Å². The highest BCUT2D eigenvalue weighted by atomic mass is 16.5. The lowest BCUT2D eigenvalue weighted by Crippen LogP contribution is -2.15. The second kappa shape index (κ2) is 7.66. The van der Waals surface area contributed by atoms with E-state index in [4.69, 9.17) is 9.15 Å². The van der Waals surface area contributed by atoms with Crippen molar-refractivity contribution in [3.8, 4) is 11.5 Å². The fourth-order valence-electron chi connectivity index (χ4n) is 1.71. The first kappa shape index (κ1) is 13.7. The van der Waals surface area contributed by atoms with Crippen LogP contribution in [-0.2, 0) is 11.3 Å². The molecule has 0 saturated carbocycles. The molecule has 1 aromatic carbocycles. The Bertz CT molecular complexity index is 471. The standard InChI is InChI=1S/C14H19N3O2/c1-18-10-6-5-9-15-11-13-16-17-14(19-13)12-7-3-2-4-8-12/h2-4,7-8,15H,5-6,9-11H2,1H3. The maximum atomic E-state index is 5.59. The number of ether oxygens (including phenoxy) is 1. The van der Waals surface area contributed by atoms with Gasteiger partial charge in [0, 0.05) is 19.3 Å². The van der Waals surface area contributed by atoms with Gasteiger partial charge in [-0.2, -0.15) is 0 Å². The van der Waals surface area contributed by atoms with E-state index in [2.05, 4.69) is 15.5 Å². The van der Waals surface area contributed by atoms with Crippen LogP contribution in [0.1, 0.15) is 18.7 Å². The van der Waals surface area contributed by atoms with Gasteiger partial charge in [0.25, 0.3) is 0 Å². The molecule has 1 aromatic heterocycles. The van der Waals surface area contributed by atoms with E-state index in [-0.39, 0.29) is 0 Å². The first-order valence-corrected chi connectivity index (χ1v) is 6.47. The van der Waals surface area contributed by atoms with Gasteiger partial charge in [-0.3, -0.25) is 0 Å². The third kappa shape index (κ3) is 4.46. The highest BCUT2D eigenvalue weighted by Gasteiger charge is 2.07. The third-order valence-electron chi connectivity index (χ3n) is 2.72. The minimum absolute atomic E-state index is 0.566. The molecule has 0 spiro atoms. The van der Waals surface area contributed by atoms with Gasteiger partial charge in [-0.15, -0.1) is 10.2 Å². The molecule has 0 aliphatic heterocycles. The number of hydrogen-bond acceptors (Lipinski definition) is 5. The fourth-order valence-corrected chi connectivity index (χ4v) is 1.71. The Kier molecular flexibility index (Phi) is 5.52. The van der Waals surface area contributed by atoms with E-state index in [1.54, 1.807) is 7.11 Å². The molecule has 0 aliphatic rings. The van der Waals surface area contributed by atoms with Crippen molar-refractivity contribution < 1.29 is 9.15 Å². The molecule has 5 heteroatoms. The van der Waals surface area contributed by atoms with Gasteiger partial charge in [-0.25, -0.2) is 0 Å². The highest BCUT2D eigenvalue weighted by Crippen LogP contribution is 2.16. The highest BCUT2D eigenvalue weighted by molar-refractivity contribution is 5.51. The molecule has 0 aliphatic carbocycles. The van der Waals surface area contributed by atoms with E-state index in [0.29, 0.717) is 18.3 Å². The summed E-state index contributed by atoms with van der Waals surface area (Å²) in [5.74, 6) is 1.18. The molecule has 0 fully saturated rings. The summed E-state index contributed by atoms with van der Waals surface area (Å²) in [6.07, 6.45) is 2.14. The van der Waals surface area contributed by atoms with Gasteiger partial charge in [0.1, 0.15) is 0 Å². The van der Waals surface area contributed by atoms with Gasteiger partial charge in [-0.05, 0) is 31.5 Å². The van der Waals surface area contributed by atoms with Crippen molar-refractivity contribution in [2.75, 3.05) is 20.3 Å². The summed E-state index contributed by atoms with van der Waals surface area (Å²) in [7, 11) is 1.72. The van der Waals surface area contributed by atoms with E-state index in [0.717, 1.165) is 31.6 Å². The Labute approximate surface area is 113 Å². The summed E-state index contributed by atoms with van der Waals surface area (Å²) in [5.41, 5.74) is 0.946. The van der Waals surface area contributed by atoms with Crippen molar-refractivity contribution in [3.05, 3.63) is 36.2 Å². The summed E-state index contributed by atoms with van der Waals surface area (Å²) in [6, 6.07) is 9.77. The van der Waals surface area contributed by atoms with Crippen LogP contribution < -0.4 is 5.32 Å². The smallest absolute Gasteiger partial charge is 0.247 e. The molecule has 0 atom stereocenters. The Morgan fingerprint density at radius 2 is 2.00 bits per heavy atom. The van der Waals surface area contributed by atoms with Gasteiger partial charge in [0.05, 0.1) is 6.54 Å². The number of benzene rings is 1. The van der Waals surface area contributed by atoms with Gasteiger partial charge >= 0.3 is 0 Å². The van der Waals surface area contributed by atoms with E-state index < -0.39 is 0 Å². The van der Waals surface area contributed by atoms with Crippen LogP contribution in [0.2, 0.25) is 0 Å². The van der Waals surface area contributed by atoms with Crippen molar-refractivity contribution >= 4 is 0 Å². The van der Waals surface area contributed by atoms with Gasteiger partial charge < -0.3 is 14.5 Å².